The largest absolute Gasteiger partial charge is 0.373 e. The molecular weight excluding hydrogens is 318 g/mol. The van der Waals surface area contributed by atoms with Gasteiger partial charge in [-0.25, -0.2) is 14.8 Å². The van der Waals surface area contributed by atoms with E-state index in [4.69, 9.17) is 4.74 Å². The molecule has 0 unspecified atom stereocenters. The maximum Gasteiger partial charge on any atom is 0.320 e. The van der Waals surface area contributed by atoms with Gasteiger partial charge in [-0.2, -0.15) is 0 Å². The highest BCUT2D eigenvalue weighted by Gasteiger charge is 2.45. The zero-order valence-electron chi connectivity index (χ0n) is 14.9. The Morgan fingerprint density at radius 1 is 1.24 bits per heavy atom. The summed E-state index contributed by atoms with van der Waals surface area (Å²) in [5.74, 6) is 0.677. The average molecular weight is 345 g/mol. The Bertz CT molecular complexity index is 616. The first-order valence-electron chi connectivity index (χ1n) is 9.37. The molecule has 7 heteroatoms. The maximum absolute atomic E-state index is 12.6. The van der Waals surface area contributed by atoms with Crippen molar-refractivity contribution in [2.45, 2.75) is 50.7 Å². The highest BCUT2D eigenvalue weighted by Crippen LogP contribution is 2.35. The number of carbonyl (C=O) groups excluding carboxylic acids is 1. The quantitative estimate of drug-likeness (QED) is 0.888. The number of nitrogens with one attached hydrogen (secondary N) is 1. The van der Waals surface area contributed by atoms with Crippen LogP contribution in [0, 0.1) is 6.92 Å². The molecule has 4 rings (SSSR count). The summed E-state index contributed by atoms with van der Waals surface area (Å²) in [5, 5.41) is 3.44. The Labute approximate surface area is 148 Å². The third kappa shape index (κ3) is 3.56. The third-order valence-electron chi connectivity index (χ3n) is 5.57. The lowest BCUT2D eigenvalue weighted by molar-refractivity contribution is -0.0720. The van der Waals surface area contributed by atoms with Crippen LogP contribution in [0.5, 0.6) is 0 Å². The third-order valence-corrected chi connectivity index (χ3v) is 5.57. The topological polar surface area (TPSA) is 70.6 Å². The summed E-state index contributed by atoms with van der Waals surface area (Å²) in [6.07, 6.45) is 8.67. The lowest BCUT2D eigenvalue weighted by Gasteiger charge is -2.38. The highest BCUT2D eigenvalue weighted by molar-refractivity contribution is 5.75. The molecular formula is C18H27N5O2. The lowest BCUT2D eigenvalue weighted by atomic mass is 9.89. The Kier molecular flexibility index (Phi) is 4.50. The molecule has 1 aromatic rings. The predicted octanol–water partition coefficient (Wildman–Crippen LogP) is 2.04. The van der Waals surface area contributed by atoms with E-state index < -0.39 is 0 Å². The summed E-state index contributed by atoms with van der Waals surface area (Å²) < 4.78 is 6.16. The van der Waals surface area contributed by atoms with Crippen LogP contribution >= 0.6 is 0 Å². The molecule has 4 heterocycles. The Morgan fingerprint density at radius 3 is 2.76 bits per heavy atom. The van der Waals surface area contributed by atoms with Crippen molar-refractivity contribution < 1.29 is 9.53 Å². The van der Waals surface area contributed by atoms with Gasteiger partial charge in [0.1, 0.15) is 0 Å². The SMILES string of the molecule is Cc1cnc(N[C@H]2CCO[C@@]3(CCN(C(=O)N4CCCC4)C3)C2)nc1. The number of aromatic nitrogens is 2. The van der Waals surface area contributed by atoms with Crippen LogP contribution in [-0.4, -0.2) is 70.2 Å². The van der Waals surface area contributed by atoms with E-state index >= 15 is 0 Å². The second-order valence-electron chi connectivity index (χ2n) is 7.60. The summed E-state index contributed by atoms with van der Waals surface area (Å²) in [7, 11) is 0. The van der Waals surface area contributed by atoms with Crippen molar-refractivity contribution in [1.29, 1.82) is 0 Å². The molecule has 7 nitrogen and oxygen atoms in total. The molecule has 2 atom stereocenters. The van der Waals surface area contributed by atoms with Crippen molar-refractivity contribution in [3.05, 3.63) is 18.0 Å². The van der Waals surface area contributed by atoms with E-state index in [9.17, 15) is 4.79 Å². The van der Waals surface area contributed by atoms with Gasteiger partial charge in [0.2, 0.25) is 5.95 Å². The number of likely N-dealkylation sites (tertiary alicyclic amines) is 2. The second kappa shape index (κ2) is 6.78. The van der Waals surface area contributed by atoms with Crippen LogP contribution in [-0.2, 0) is 4.74 Å². The molecule has 136 valence electrons. The molecule has 25 heavy (non-hydrogen) atoms. The molecule has 0 saturated carbocycles. The Hall–Kier alpha value is -1.89. The number of hydrogen-bond acceptors (Lipinski definition) is 5. The zero-order valence-corrected chi connectivity index (χ0v) is 14.9. The average Bonchev–Trinajstić information content (AvgIpc) is 3.27. The van der Waals surface area contributed by atoms with Crippen molar-refractivity contribution in [1.82, 2.24) is 19.8 Å². The summed E-state index contributed by atoms with van der Waals surface area (Å²) >= 11 is 0. The summed E-state index contributed by atoms with van der Waals surface area (Å²) in [4.78, 5) is 25.3. The van der Waals surface area contributed by atoms with E-state index in [-0.39, 0.29) is 11.6 Å². The monoisotopic (exact) mass is 345 g/mol. The number of carbonyl (C=O) groups is 1. The lowest BCUT2D eigenvalue weighted by Crippen LogP contribution is -2.48. The predicted molar refractivity (Wildman–Crippen MR) is 94.5 cm³/mol. The minimum Gasteiger partial charge on any atom is -0.373 e. The van der Waals surface area contributed by atoms with Gasteiger partial charge in [-0.3, -0.25) is 0 Å². The molecule has 3 aliphatic heterocycles. The number of anilines is 1. The van der Waals surface area contributed by atoms with E-state index in [0.29, 0.717) is 18.5 Å². The van der Waals surface area contributed by atoms with Crippen molar-refractivity contribution in [3.8, 4) is 0 Å². The molecule has 3 saturated heterocycles. The van der Waals surface area contributed by atoms with Gasteiger partial charge in [0.15, 0.2) is 0 Å². The molecule has 1 N–H and O–H groups in total. The summed E-state index contributed by atoms with van der Waals surface area (Å²) in [5.41, 5.74) is 0.844. The first kappa shape index (κ1) is 16.6. The highest BCUT2D eigenvalue weighted by atomic mass is 16.5. The van der Waals surface area contributed by atoms with E-state index in [1.54, 1.807) is 0 Å². The van der Waals surface area contributed by atoms with Crippen LogP contribution in [0.15, 0.2) is 12.4 Å². The van der Waals surface area contributed by atoms with Crippen molar-refractivity contribution in [2.75, 3.05) is 38.1 Å². The summed E-state index contributed by atoms with van der Waals surface area (Å²) in [6.45, 7) is 6.00. The minimum atomic E-state index is -0.212. The minimum absolute atomic E-state index is 0.190. The fraction of sp³-hybridized carbons (Fsp3) is 0.722. The molecule has 1 aromatic heterocycles. The van der Waals surface area contributed by atoms with Crippen molar-refractivity contribution in [3.63, 3.8) is 0 Å². The van der Waals surface area contributed by atoms with Gasteiger partial charge in [-0.05, 0) is 44.6 Å². The van der Waals surface area contributed by atoms with Gasteiger partial charge in [-0.15, -0.1) is 0 Å². The van der Waals surface area contributed by atoms with Crippen LogP contribution in [0.3, 0.4) is 0 Å². The van der Waals surface area contributed by atoms with E-state index in [2.05, 4.69) is 15.3 Å². The van der Waals surface area contributed by atoms with Gasteiger partial charge in [0.05, 0.1) is 12.1 Å². The zero-order chi connectivity index (χ0) is 17.3. The van der Waals surface area contributed by atoms with Gasteiger partial charge < -0.3 is 19.9 Å². The molecule has 0 aliphatic carbocycles. The number of ether oxygens (including phenoxy) is 1. The molecule has 3 fully saturated rings. The molecule has 3 aliphatic rings. The standard InChI is InChI=1S/C18H27N5O2/c1-14-11-19-16(20-12-14)21-15-4-9-25-18(10-15)5-8-23(13-18)17(24)22-6-2-3-7-22/h11-12,15H,2-10,13H2,1H3,(H,19,20,21)/t15-,18-/m0/s1. The molecule has 0 bridgehead atoms. The number of nitrogens with zero attached hydrogens (tertiary/aromatic N) is 4. The Morgan fingerprint density at radius 2 is 2.00 bits per heavy atom. The van der Waals surface area contributed by atoms with E-state index in [0.717, 1.165) is 63.9 Å². The van der Waals surface area contributed by atoms with Crippen LogP contribution < -0.4 is 5.32 Å². The molecule has 2 amide bonds. The number of aryl methyl sites for hydroxylation is 1. The number of rotatable bonds is 2. The fourth-order valence-electron chi connectivity index (χ4n) is 4.20. The van der Waals surface area contributed by atoms with Crippen LogP contribution in [0.2, 0.25) is 0 Å². The van der Waals surface area contributed by atoms with Crippen molar-refractivity contribution in [2.24, 2.45) is 0 Å². The van der Waals surface area contributed by atoms with E-state index in [1.807, 2.05) is 29.1 Å². The van der Waals surface area contributed by atoms with Crippen LogP contribution in [0.4, 0.5) is 10.7 Å². The first-order chi connectivity index (χ1) is 12.1. The van der Waals surface area contributed by atoms with Gasteiger partial charge in [0.25, 0.3) is 0 Å². The number of urea groups is 1. The van der Waals surface area contributed by atoms with E-state index in [1.165, 1.54) is 0 Å². The molecule has 0 aromatic carbocycles. The van der Waals surface area contributed by atoms with Crippen LogP contribution in [0.25, 0.3) is 0 Å². The van der Waals surface area contributed by atoms with Crippen molar-refractivity contribution >= 4 is 12.0 Å². The number of amides is 2. The van der Waals surface area contributed by atoms with Gasteiger partial charge >= 0.3 is 6.03 Å². The normalized spacial score (nSPS) is 29.4. The van der Waals surface area contributed by atoms with Crippen LogP contribution in [0.1, 0.15) is 37.7 Å². The Balaban J connectivity index is 1.37. The van der Waals surface area contributed by atoms with Gasteiger partial charge in [-0.1, -0.05) is 0 Å². The smallest absolute Gasteiger partial charge is 0.320 e. The first-order valence-corrected chi connectivity index (χ1v) is 9.37. The summed E-state index contributed by atoms with van der Waals surface area (Å²) in [6, 6.07) is 0.480. The maximum atomic E-state index is 12.6. The number of hydrogen-bond donors (Lipinski definition) is 1. The fourth-order valence-corrected chi connectivity index (χ4v) is 4.20. The molecule has 1 spiro atoms. The molecule has 0 radical (unpaired) electrons. The second-order valence-corrected chi connectivity index (χ2v) is 7.60. The van der Waals surface area contributed by atoms with Gasteiger partial charge in [0, 0.05) is 44.7 Å².